The van der Waals surface area contributed by atoms with Crippen LogP contribution in [0.1, 0.15) is 0 Å². The van der Waals surface area contributed by atoms with Crippen molar-refractivity contribution < 1.29 is 22.7 Å². The summed E-state index contributed by atoms with van der Waals surface area (Å²) >= 11 is 6.11. The van der Waals surface area contributed by atoms with Gasteiger partial charge < -0.3 is 19.9 Å². The average Bonchev–Trinajstić information content (AvgIpc) is 2.70. The fraction of sp³-hybridized carbons (Fsp3) is 0.529. The molecule has 0 radical (unpaired) electrons. The number of halogens is 1. The van der Waals surface area contributed by atoms with Crippen molar-refractivity contribution in [2.45, 2.75) is 4.90 Å². The standard InChI is InChI=1S/C17H23ClN4O5S/c1-20-4-6-21(7-5-20)17(24)16(23)19-15-12-13(2-3-14(15)18)28(25,26)22-8-10-27-11-9-22/h2-3,12H,4-11H2,1H3,(H,19,23). The van der Waals surface area contributed by atoms with E-state index in [9.17, 15) is 18.0 Å². The van der Waals surface area contributed by atoms with Gasteiger partial charge >= 0.3 is 11.8 Å². The summed E-state index contributed by atoms with van der Waals surface area (Å²) in [6.07, 6.45) is 0. The molecule has 2 saturated heterocycles. The highest BCUT2D eigenvalue weighted by molar-refractivity contribution is 7.89. The number of piperazine rings is 1. The quantitative estimate of drug-likeness (QED) is 0.681. The van der Waals surface area contributed by atoms with Crippen molar-refractivity contribution in [1.29, 1.82) is 0 Å². The van der Waals surface area contributed by atoms with Crippen LogP contribution in [0.3, 0.4) is 0 Å². The maximum absolute atomic E-state index is 12.8. The van der Waals surface area contributed by atoms with Gasteiger partial charge in [-0.05, 0) is 25.2 Å². The Morgan fingerprint density at radius 3 is 2.36 bits per heavy atom. The molecular weight excluding hydrogens is 408 g/mol. The Kier molecular flexibility index (Phi) is 6.56. The van der Waals surface area contributed by atoms with Crippen molar-refractivity contribution in [1.82, 2.24) is 14.1 Å². The van der Waals surface area contributed by atoms with Crippen molar-refractivity contribution in [2.24, 2.45) is 0 Å². The molecule has 0 aliphatic carbocycles. The Hall–Kier alpha value is -1.72. The van der Waals surface area contributed by atoms with Gasteiger partial charge in [0.1, 0.15) is 0 Å². The predicted octanol–water partition coefficient (Wildman–Crippen LogP) is 0.0734. The van der Waals surface area contributed by atoms with Crippen LogP contribution in [0.5, 0.6) is 0 Å². The minimum atomic E-state index is -3.74. The van der Waals surface area contributed by atoms with Crippen LogP contribution in [-0.2, 0) is 24.3 Å². The highest BCUT2D eigenvalue weighted by Crippen LogP contribution is 2.27. The summed E-state index contributed by atoms with van der Waals surface area (Å²) < 4.78 is 32.1. The molecule has 28 heavy (non-hydrogen) atoms. The molecular formula is C17H23ClN4O5S. The van der Waals surface area contributed by atoms with Crippen molar-refractivity contribution in [2.75, 3.05) is 64.8 Å². The Labute approximate surface area is 169 Å². The highest BCUT2D eigenvalue weighted by atomic mass is 35.5. The number of likely N-dealkylation sites (N-methyl/N-ethyl adjacent to an activating group) is 1. The molecule has 154 valence electrons. The van der Waals surface area contributed by atoms with Crippen LogP contribution in [0.2, 0.25) is 5.02 Å². The van der Waals surface area contributed by atoms with E-state index in [1.165, 1.54) is 27.4 Å². The third-order valence-corrected chi connectivity index (χ3v) is 7.00. The number of anilines is 1. The fourth-order valence-corrected chi connectivity index (χ4v) is 4.63. The van der Waals surface area contributed by atoms with Gasteiger partial charge in [0.15, 0.2) is 0 Å². The van der Waals surface area contributed by atoms with Crippen LogP contribution in [0.15, 0.2) is 23.1 Å². The van der Waals surface area contributed by atoms with Gasteiger partial charge in [-0.15, -0.1) is 0 Å². The summed E-state index contributed by atoms with van der Waals surface area (Å²) in [4.78, 5) is 28.3. The molecule has 0 saturated carbocycles. The molecule has 0 spiro atoms. The summed E-state index contributed by atoms with van der Waals surface area (Å²) in [6, 6.07) is 4.05. The zero-order valence-corrected chi connectivity index (χ0v) is 17.1. The van der Waals surface area contributed by atoms with Crippen LogP contribution in [0.25, 0.3) is 0 Å². The molecule has 9 nitrogen and oxygen atoms in total. The lowest BCUT2D eigenvalue weighted by atomic mass is 10.3. The molecule has 3 rings (SSSR count). The molecule has 2 heterocycles. The topological polar surface area (TPSA) is 99.3 Å². The molecule has 2 aliphatic rings. The largest absolute Gasteiger partial charge is 0.379 e. The summed E-state index contributed by atoms with van der Waals surface area (Å²) in [6.45, 7) is 3.47. The van der Waals surface area contributed by atoms with Crippen molar-refractivity contribution in [3.63, 3.8) is 0 Å². The van der Waals surface area contributed by atoms with E-state index < -0.39 is 21.8 Å². The van der Waals surface area contributed by atoms with E-state index in [-0.39, 0.29) is 28.7 Å². The van der Waals surface area contributed by atoms with Gasteiger partial charge in [-0.1, -0.05) is 11.6 Å². The van der Waals surface area contributed by atoms with Crippen molar-refractivity contribution in [3.05, 3.63) is 23.2 Å². The second-order valence-electron chi connectivity index (χ2n) is 6.71. The van der Waals surface area contributed by atoms with Gasteiger partial charge in [-0.3, -0.25) is 9.59 Å². The molecule has 0 atom stereocenters. The molecule has 2 aliphatic heterocycles. The molecule has 1 N–H and O–H groups in total. The van der Waals surface area contributed by atoms with Gasteiger partial charge in [-0.25, -0.2) is 8.42 Å². The number of sulfonamides is 1. The number of nitrogens with one attached hydrogen (secondary N) is 1. The number of morpholine rings is 1. The van der Waals surface area contributed by atoms with Gasteiger partial charge in [0, 0.05) is 39.3 Å². The summed E-state index contributed by atoms with van der Waals surface area (Å²) in [5.74, 6) is -1.50. The van der Waals surface area contributed by atoms with E-state index in [2.05, 4.69) is 10.2 Å². The van der Waals surface area contributed by atoms with E-state index in [1.807, 2.05) is 7.05 Å². The predicted molar refractivity (Wildman–Crippen MR) is 104 cm³/mol. The summed E-state index contributed by atoms with van der Waals surface area (Å²) in [7, 11) is -1.79. The van der Waals surface area contributed by atoms with Crippen LogP contribution >= 0.6 is 11.6 Å². The van der Waals surface area contributed by atoms with E-state index >= 15 is 0 Å². The fourth-order valence-electron chi connectivity index (χ4n) is 3.03. The second kappa shape index (κ2) is 8.75. The van der Waals surface area contributed by atoms with Gasteiger partial charge in [0.2, 0.25) is 10.0 Å². The van der Waals surface area contributed by atoms with Gasteiger partial charge in [0.05, 0.1) is 28.8 Å². The van der Waals surface area contributed by atoms with Crippen molar-refractivity contribution in [3.8, 4) is 0 Å². The van der Waals surface area contributed by atoms with E-state index in [0.29, 0.717) is 39.4 Å². The van der Waals surface area contributed by atoms with E-state index in [1.54, 1.807) is 0 Å². The Balaban J connectivity index is 1.74. The first-order chi connectivity index (χ1) is 13.3. The number of carbonyl (C=O) groups excluding carboxylic acids is 2. The number of ether oxygens (including phenoxy) is 1. The number of amides is 2. The third-order valence-electron chi connectivity index (χ3n) is 4.78. The lowest BCUT2D eigenvalue weighted by molar-refractivity contribution is -0.144. The first-order valence-corrected chi connectivity index (χ1v) is 10.8. The van der Waals surface area contributed by atoms with Crippen LogP contribution in [0, 0.1) is 0 Å². The normalized spacial score (nSPS) is 19.4. The molecule has 2 fully saturated rings. The SMILES string of the molecule is CN1CCN(C(=O)C(=O)Nc2cc(S(=O)(=O)N3CCOCC3)ccc2Cl)CC1. The van der Waals surface area contributed by atoms with Gasteiger partial charge in [0.25, 0.3) is 0 Å². The monoisotopic (exact) mass is 430 g/mol. The Morgan fingerprint density at radius 1 is 1.07 bits per heavy atom. The molecule has 0 aromatic heterocycles. The van der Waals surface area contributed by atoms with E-state index in [4.69, 9.17) is 16.3 Å². The third kappa shape index (κ3) is 4.64. The number of rotatable bonds is 3. The molecule has 1 aromatic carbocycles. The molecule has 1 aromatic rings. The molecule has 0 unspecified atom stereocenters. The average molecular weight is 431 g/mol. The minimum absolute atomic E-state index is 0.00106. The molecule has 11 heteroatoms. The number of benzene rings is 1. The maximum atomic E-state index is 12.8. The van der Waals surface area contributed by atoms with E-state index in [0.717, 1.165) is 0 Å². The number of carbonyl (C=O) groups is 2. The first kappa shape index (κ1) is 21.0. The minimum Gasteiger partial charge on any atom is -0.379 e. The summed E-state index contributed by atoms with van der Waals surface area (Å²) in [5, 5.41) is 2.60. The van der Waals surface area contributed by atoms with Gasteiger partial charge in [-0.2, -0.15) is 4.31 Å². The second-order valence-corrected chi connectivity index (χ2v) is 9.05. The lowest BCUT2D eigenvalue weighted by Gasteiger charge is -2.31. The molecule has 2 amide bonds. The van der Waals surface area contributed by atoms with Crippen molar-refractivity contribution >= 4 is 39.1 Å². The number of hydrogen-bond acceptors (Lipinski definition) is 6. The Morgan fingerprint density at radius 2 is 1.71 bits per heavy atom. The van der Waals surface area contributed by atoms with Crippen LogP contribution in [0.4, 0.5) is 5.69 Å². The zero-order chi connectivity index (χ0) is 20.3. The first-order valence-electron chi connectivity index (χ1n) is 8.95. The smallest absolute Gasteiger partial charge is 0.313 e. The lowest BCUT2D eigenvalue weighted by Crippen LogP contribution is -2.50. The van der Waals surface area contributed by atoms with Crippen LogP contribution in [-0.4, -0.2) is 93.9 Å². The Bertz CT molecular complexity index is 849. The maximum Gasteiger partial charge on any atom is 0.313 e. The molecule has 0 bridgehead atoms. The zero-order valence-electron chi connectivity index (χ0n) is 15.6. The highest BCUT2D eigenvalue weighted by Gasteiger charge is 2.28. The van der Waals surface area contributed by atoms with Crippen LogP contribution < -0.4 is 5.32 Å². The number of nitrogens with zero attached hydrogens (tertiary/aromatic N) is 3. The summed E-state index contributed by atoms with van der Waals surface area (Å²) in [5.41, 5.74) is 0.0866. The number of hydrogen-bond donors (Lipinski definition) is 1.